The van der Waals surface area contributed by atoms with Gasteiger partial charge >= 0.3 is 11.8 Å². The van der Waals surface area contributed by atoms with Gasteiger partial charge in [0, 0.05) is 43.6 Å². The molecule has 142 valence electrons. The summed E-state index contributed by atoms with van der Waals surface area (Å²) in [5.41, 5.74) is 2.55. The molecule has 0 unspecified atom stereocenters. The second-order valence-corrected chi connectivity index (χ2v) is 6.15. The molecule has 8 heteroatoms. The molecule has 27 heavy (non-hydrogen) atoms. The lowest BCUT2D eigenvalue weighted by Crippen LogP contribution is -2.35. The number of carbonyl (C=O) groups excluding carboxylic acids is 2. The third-order valence-electron chi connectivity index (χ3n) is 4.03. The Bertz CT molecular complexity index is 847. The summed E-state index contributed by atoms with van der Waals surface area (Å²) in [6, 6.07) is 11.9. The van der Waals surface area contributed by atoms with E-state index >= 15 is 0 Å². The van der Waals surface area contributed by atoms with Crippen molar-refractivity contribution in [1.82, 2.24) is 5.32 Å². The molecule has 0 aliphatic heterocycles. The van der Waals surface area contributed by atoms with Crippen molar-refractivity contribution < 1.29 is 14.5 Å². The summed E-state index contributed by atoms with van der Waals surface area (Å²) in [5, 5.41) is 16.0. The van der Waals surface area contributed by atoms with Gasteiger partial charge in [-0.25, -0.2) is 0 Å². The fraction of sp³-hybridized carbons (Fsp3) is 0.263. The van der Waals surface area contributed by atoms with Crippen LogP contribution < -0.4 is 15.5 Å². The highest BCUT2D eigenvalue weighted by Gasteiger charge is 2.17. The second-order valence-electron chi connectivity index (χ2n) is 6.15. The van der Waals surface area contributed by atoms with Gasteiger partial charge in [0.05, 0.1) is 4.92 Å². The molecule has 2 amide bonds. The topological polar surface area (TPSA) is 105 Å². The van der Waals surface area contributed by atoms with E-state index in [0.29, 0.717) is 12.0 Å². The van der Waals surface area contributed by atoms with E-state index in [4.69, 9.17) is 0 Å². The third kappa shape index (κ3) is 5.27. The average Bonchev–Trinajstić information content (AvgIpc) is 2.66. The Labute approximate surface area is 157 Å². The zero-order valence-corrected chi connectivity index (χ0v) is 15.5. The highest BCUT2D eigenvalue weighted by atomic mass is 16.6. The molecular formula is C19H22N4O4. The van der Waals surface area contributed by atoms with Crippen molar-refractivity contribution in [3.8, 4) is 0 Å². The van der Waals surface area contributed by atoms with Crippen molar-refractivity contribution in [1.29, 1.82) is 0 Å². The van der Waals surface area contributed by atoms with Gasteiger partial charge in [0.2, 0.25) is 0 Å². The monoisotopic (exact) mass is 370 g/mol. The van der Waals surface area contributed by atoms with Crippen LogP contribution >= 0.6 is 0 Å². The second kappa shape index (κ2) is 8.79. The summed E-state index contributed by atoms with van der Waals surface area (Å²) in [5.74, 6) is -1.69. The Morgan fingerprint density at radius 3 is 2.30 bits per heavy atom. The zero-order valence-electron chi connectivity index (χ0n) is 15.5. The van der Waals surface area contributed by atoms with Crippen LogP contribution in [0.25, 0.3) is 0 Å². The molecule has 2 aromatic rings. The number of nitro groups is 1. The largest absolute Gasteiger partial charge is 0.378 e. The van der Waals surface area contributed by atoms with Crippen molar-refractivity contribution in [2.24, 2.45) is 0 Å². The minimum absolute atomic E-state index is 0.0864. The maximum absolute atomic E-state index is 12.0. The molecule has 0 fully saturated rings. The molecule has 2 N–H and O–H groups in total. The maximum atomic E-state index is 12.0. The van der Waals surface area contributed by atoms with E-state index < -0.39 is 16.7 Å². The van der Waals surface area contributed by atoms with Crippen LogP contribution in [0.3, 0.4) is 0 Å². The first-order chi connectivity index (χ1) is 12.8. The summed E-state index contributed by atoms with van der Waals surface area (Å²) in [6.45, 7) is 2.01. The van der Waals surface area contributed by atoms with E-state index in [2.05, 4.69) is 10.6 Å². The number of rotatable bonds is 6. The molecule has 0 radical (unpaired) electrons. The molecular weight excluding hydrogens is 348 g/mol. The fourth-order valence-electron chi connectivity index (χ4n) is 2.47. The highest BCUT2D eigenvalue weighted by molar-refractivity contribution is 6.39. The normalized spacial score (nSPS) is 10.2. The molecule has 2 rings (SSSR count). The van der Waals surface area contributed by atoms with Crippen LogP contribution in [0.2, 0.25) is 0 Å². The number of amides is 2. The number of nitro benzene ring substituents is 1. The molecule has 0 saturated carbocycles. The first-order valence-electron chi connectivity index (χ1n) is 8.44. The molecule has 0 bridgehead atoms. The fourth-order valence-corrected chi connectivity index (χ4v) is 2.47. The Kier molecular flexibility index (Phi) is 6.48. The molecule has 0 aliphatic carbocycles. The Morgan fingerprint density at radius 1 is 1.07 bits per heavy atom. The minimum atomic E-state index is -0.876. The number of carbonyl (C=O) groups is 2. The first kappa shape index (κ1) is 19.9. The van der Waals surface area contributed by atoms with E-state index in [1.54, 1.807) is 13.0 Å². The van der Waals surface area contributed by atoms with Crippen LogP contribution in [0.15, 0.2) is 42.5 Å². The Balaban J connectivity index is 1.96. The van der Waals surface area contributed by atoms with E-state index in [1.807, 2.05) is 43.3 Å². The smallest absolute Gasteiger partial charge is 0.313 e. The van der Waals surface area contributed by atoms with Gasteiger partial charge in [-0.15, -0.1) is 0 Å². The predicted octanol–water partition coefficient (Wildman–Crippen LogP) is 2.48. The average molecular weight is 370 g/mol. The van der Waals surface area contributed by atoms with E-state index in [0.717, 1.165) is 11.3 Å². The van der Waals surface area contributed by atoms with Gasteiger partial charge in [-0.3, -0.25) is 19.7 Å². The number of hydrogen-bond acceptors (Lipinski definition) is 5. The zero-order chi connectivity index (χ0) is 20.0. The number of aryl methyl sites for hydroxylation is 1. The number of anilines is 2. The molecule has 0 spiro atoms. The summed E-state index contributed by atoms with van der Waals surface area (Å²) < 4.78 is 0. The van der Waals surface area contributed by atoms with Gasteiger partial charge in [-0.1, -0.05) is 25.1 Å². The van der Waals surface area contributed by atoms with E-state index in [1.165, 1.54) is 12.1 Å². The lowest BCUT2D eigenvalue weighted by atomic mass is 10.1. The van der Waals surface area contributed by atoms with Crippen LogP contribution in [0, 0.1) is 10.1 Å². The van der Waals surface area contributed by atoms with Crippen LogP contribution in [-0.2, 0) is 22.6 Å². The van der Waals surface area contributed by atoms with Crippen LogP contribution in [0.1, 0.15) is 18.1 Å². The minimum Gasteiger partial charge on any atom is -0.378 e. The van der Waals surface area contributed by atoms with Crippen molar-refractivity contribution in [2.45, 2.75) is 19.9 Å². The van der Waals surface area contributed by atoms with Crippen LogP contribution in [-0.4, -0.2) is 30.8 Å². The lowest BCUT2D eigenvalue weighted by molar-refractivity contribution is -0.385. The SMILES string of the molecule is CCc1ccc(NC(=O)C(=O)NCc2ccc(N(C)C)cc2)cc1[N+](=O)[O-]. The molecule has 2 aromatic carbocycles. The van der Waals surface area contributed by atoms with Crippen molar-refractivity contribution >= 4 is 28.9 Å². The van der Waals surface area contributed by atoms with Gasteiger partial charge in [0.15, 0.2) is 0 Å². The first-order valence-corrected chi connectivity index (χ1v) is 8.44. The number of nitrogens with one attached hydrogen (secondary N) is 2. The number of hydrogen-bond donors (Lipinski definition) is 2. The van der Waals surface area contributed by atoms with Crippen LogP contribution in [0.5, 0.6) is 0 Å². The van der Waals surface area contributed by atoms with Crippen molar-refractivity contribution in [3.05, 3.63) is 63.7 Å². The quantitative estimate of drug-likeness (QED) is 0.462. The molecule has 0 heterocycles. The molecule has 0 atom stereocenters. The van der Waals surface area contributed by atoms with Crippen LogP contribution in [0.4, 0.5) is 17.1 Å². The van der Waals surface area contributed by atoms with Crippen molar-refractivity contribution in [2.75, 3.05) is 24.3 Å². The number of benzene rings is 2. The molecule has 0 saturated heterocycles. The van der Waals surface area contributed by atoms with Gasteiger partial charge in [0.25, 0.3) is 5.69 Å². The summed E-state index contributed by atoms with van der Waals surface area (Å²) in [6.07, 6.45) is 0.498. The summed E-state index contributed by atoms with van der Waals surface area (Å²) in [7, 11) is 3.86. The highest BCUT2D eigenvalue weighted by Crippen LogP contribution is 2.23. The summed E-state index contributed by atoms with van der Waals surface area (Å²) >= 11 is 0. The lowest BCUT2D eigenvalue weighted by Gasteiger charge is -2.13. The Hall–Kier alpha value is -3.42. The molecule has 0 aliphatic rings. The van der Waals surface area contributed by atoms with Gasteiger partial charge in [-0.05, 0) is 30.2 Å². The van der Waals surface area contributed by atoms with Gasteiger partial charge < -0.3 is 15.5 Å². The van der Waals surface area contributed by atoms with Crippen molar-refractivity contribution in [3.63, 3.8) is 0 Å². The van der Waals surface area contributed by atoms with Gasteiger partial charge in [0.1, 0.15) is 0 Å². The number of nitrogens with zero attached hydrogens (tertiary/aromatic N) is 2. The summed E-state index contributed by atoms with van der Waals surface area (Å²) in [4.78, 5) is 36.5. The predicted molar refractivity (Wildman–Crippen MR) is 104 cm³/mol. The van der Waals surface area contributed by atoms with Gasteiger partial charge in [-0.2, -0.15) is 0 Å². The Morgan fingerprint density at radius 2 is 1.74 bits per heavy atom. The standard InChI is InChI=1S/C19H22N4O4/c1-4-14-7-8-15(11-17(14)23(26)27)21-19(25)18(24)20-12-13-5-9-16(10-6-13)22(2)3/h5-11H,4,12H2,1-3H3,(H,20,24)(H,21,25). The van der Waals surface area contributed by atoms with E-state index in [9.17, 15) is 19.7 Å². The maximum Gasteiger partial charge on any atom is 0.313 e. The third-order valence-corrected chi connectivity index (χ3v) is 4.03. The van der Waals surface area contributed by atoms with E-state index in [-0.39, 0.29) is 17.9 Å². The molecule has 0 aromatic heterocycles. The molecule has 8 nitrogen and oxygen atoms in total.